The van der Waals surface area contributed by atoms with Gasteiger partial charge in [0.25, 0.3) is 0 Å². The molecule has 43 heavy (non-hydrogen) atoms. The van der Waals surface area contributed by atoms with Gasteiger partial charge in [-0.2, -0.15) is 26.3 Å². The summed E-state index contributed by atoms with van der Waals surface area (Å²) in [5.41, 5.74) is -2.01. The molecule has 0 saturated carbocycles. The summed E-state index contributed by atoms with van der Waals surface area (Å²) in [4.78, 5) is 35.1. The second-order valence-corrected chi connectivity index (χ2v) is 10.1. The number of rotatable bonds is 6. The Balaban J connectivity index is 1.63. The Hall–Kier alpha value is -4.56. The van der Waals surface area contributed by atoms with E-state index in [2.05, 4.69) is 15.3 Å². The van der Waals surface area contributed by atoms with Gasteiger partial charge in [0.1, 0.15) is 17.4 Å². The number of carbonyl (C=O) groups excluding carboxylic acids is 2. The molecule has 2 aliphatic rings. The fraction of sp³-hybridized carbons (Fsp3) is 0.357. The number of amides is 2. The van der Waals surface area contributed by atoms with Crippen molar-refractivity contribution in [3.8, 4) is 17.0 Å². The highest BCUT2D eigenvalue weighted by atomic mass is 19.4. The second kappa shape index (κ2) is 11.3. The monoisotopic (exact) mass is 609 g/mol. The van der Waals surface area contributed by atoms with Crippen LogP contribution in [-0.2, 0) is 22.3 Å². The van der Waals surface area contributed by atoms with Crippen molar-refractivity contribution in [2.45, 2.75) is 44.4 Å². The van der Waals surface area contributed by atoms with E-state index in [0.717, 1.165) is 23.2 Å². The molecule has 0 aliphatic carbocycles. The maximum Gasteiger partial charge on any atom is 0.430 e. The van der Waals surface area contributed by atoms with E-state index in [1.54, 1.807) is 24.3 Å². The molecule has 2 aliphatic heterocycles. The van der Waals surface area contributed by atoms with E-state index in [0.29, 0.717) is 23.8 Å². The molecule has 5 rings (SSSR count). The van der Waals surface area contributed by atoms with Crippen molar-refractivity contribution in [2.24, 2.45) is 0 Å². The third-order valence-corrected chi connectivity index (χ3v) is 7.06. The summed E-state index contributed by atoms with van der Waals surface area (Å²) in [5.74, 6) is -0.343. The molecule has 2 atom stereocenters. The van der Waals surface area contributed by atoms with Crippen molar-refractivity contribution in [2.75, 3.05) is 30.0 Å². The number of benzene rings is 1. The standard InChI is InChI=1S/C28H25F6N5O4/c1-15(40)36-18-8-10-38(14-18)22-12-17(27(29,30)31)11-21(37-22)20-7-9-35-25-23(20)24(28(32,33)34)43-26(41)39(25)13-16-3-5-19(42-2)6-4-16/h3-7,9,11-12,18,24H,8,10,13-14H2,1-2H3,(H,36,40)/t18-,24+/m0/s1. The predicted molar refractivity (Wildman–Crippen MR) is 141 cm³/mol. The molecule has 1 saturated heterocycles. The van der Waals surface area contributed by atoms with Gasteiger partial charge in [-0.15, -0.1) is 0 Å². The number of halogens is 6. The first-order valence-electron chi connectivity index (χ1n) is 13.0. The van der Waals surface area contributed by atoms with Gasteiger partial charge in [-0.25, -0.2) is 14.8 Å². The normalized spacial score (nSPS) is 18.7. The summed E-state index contributed by atoms with van der Waals surface area (Å²) in [6.45, 7) is 1.49. The zero-order chi connectivity index (χ0) is 31.1. The van der Waals surface area contributed by atoms with E-state index in [1.165, 1.54) is 18.9 Å². The number of aromatic nitrogens is 2. The maximum absolute atomic E-state index is 14.3. The summed E-state index contributed by atoms with van der Waals surface area (Å²) in [5, 5.41) is 2.71. The molecule has 228 valence electrons. The average molecular weight is 610 g/mol. The number of ether oxygens (including phenoxy) is 2. The molecule has 1 aromatic carbocycles. The number of cyclic esters (lactones) is 1. The first kappa shape index (κ1) is 29.9. The Morgan fingerprint density at radius 3 is 2.47 bits per heavy atom. The number of hydrogen-bond donors (Lipinski definition) is 1. The number of methoxy groups -OCH3 is 1. The van der Waals surface area contributed by atoms with Gasteiger partial charge >= 0.3 is 18.4 Å². The van der Waals surface area contributed by atoms with Gasteiger partial charge in [-0.1, -0.05) is 12.1 Å². The van der Waals surface area contributed by atoms with Crippen molar-refractivity contribution in [3.05, 3.63) is 65.4 Å². The molecule has 3 aromatic rings. The van der Waals surface area contributed by atoms with Gasteiger partial charge in [0.05, 0.1) is 30.5 Å². The van der Waals surface area contributed by atoms with E-state index < -0.39 is 47.2 Å². The van der Waals surface area contributed by atoms with Crippen LogP contribution < -0.4 is 19.9 Å². The quantitative estimate of drug-likeness (QED) is 0.361. The van der Waals surface area contributed by atoms with Crippen LogP contribution in [-0.4, -0.2) is 54.4 Å². The lowest BCUT2D eigenvalue weighted by Crippen LogP contribution is -2.42. The number of pyridine rings is 2. The third kappa shape index (κ3) is 6.29. The fourth-order valence-electron chi connectivity index (χ4n) is 5.11. The van der Waals surface area contributed by atoms with Crippen molar-refractivity contribution < 1.29 is 45.4 Å². The first-order chi connectivity index (χ1) is 20.2. The van der Waals surface area contributed by atoms with E-state index >= 15 is 0 Å². The van der Waals surface area contributed by atoms with Crippen LogP contribution in [0.25, 0.3) is 11.3 Å². The minimum absolute atomic E-state index is 0.130. The summed E-state index contributed by atoms with van der Waals surface area (Å²) < 4.78 is 94.9. The largest absolute Gasteiger partial charge is 0.497 e. The Kier molecular flexibility index (Phi) is 7.84. The first-order valence-corrected chi connectivity index (χ1v) is 13.0. The molecule has 15 heteroatoms. The van der Waals surface area contributed by atoms with Crippen LogP contribution in [0, 0.1) is 0 Å². The highest BCUT2D eigenvalue weighted by molar-refractivity contribution is 5.92. The third-order valence-electron chi connectivity index (χ3n) is 7.06. The predicted octanol–water partition coefficient (Wildman–Crippen LogP) is 5.65. The highest BCUT2D eigenvalue weighted by Gasteiger charge is 2.51. The molecule has 2 aromatic heterocycles. The van der Waals surface area contributed by atoms with Gasteiger partial charge < -0.3 is 19.7 Å². The highest BCUT2D eigenvalue weighted by Crippen LogP contribution is 2.48. The second-order valence-electron chi connectivity index (χ2n) is 10.1. The van der Waals surface area contributed by atoms with Crippen LogP contribution in [0.3, 0.4) is 0 Å². The minimum Gasteiger partial charge on any atom is -0.497 e. The Morgan fingerprint density at radius 2 is 1.84 bits per heavy atom. The van der Waals surface area contributed by atoms with Gasteiger partial charge in [0, 0.05) is 37.8 Å². The summed E-state index contributed by atoms with van der Waals surface area (Å²) in [6, 6.07) is 8.61. The van der Waals surface area contributed by atoms with Crippen LogP contribution in [0.15, 0.2) is 48.7 Å². The number of carbonyl (C=O) groups is 2. The number of anilines is 2. The van der Waals surface area contributed by atoms with Crippen LogP contribution in [0.5, 0.6) is 5.75 Å². The lowest BCUT2D eigenvalue weighted by atomic mass is 9.97. The van der Waals surface area contributed by atoms with Gasteiger partial charge in [0.2, 0.25) is 12.0 Å². The topological polar surface area (TPSA) is 96.9 Å². The van der Waals surface area contributed by atoms with Gasteiger partial charge in [-0.05, 0) is 42.3 Å². The zero-order valence-corrected chi connectivity index (χ0v) is 22.8. The molecule has 9 nitrogen and oxygen atoms in total. The maximum atomic E-state index is 14.3. The number of alkyl halides is 6. The van der Waals surface area contributed by atoms with E-state index in [9.17, 15) is 35.9 Å². The molecular weight excluding hydrogens is 584 g/mol. The molecule has 0 unspecified atom stereocenters. The Bertz CT molecular complexity index is 1530. The minimum atomic E-state index is -5.11. The zero-order valence-electron chi connectivity index (χ0n) is 22.8. The Morgan fingerprint density at radius 1 is 1.12 bits per heavy atom. The van der Waals surface area contributed by atoms with E-state index in [1.807, 2.05) is 0 Å². The van der Waals surface area contributed by atoms with E-state index in [4.69, 9.17) is 9.47 Å². The smallest absolute Gasteiger partial charge is 0.430 e. The SMILES string of the molecule is COc1ccc(CN2C(=O)O[C@@H](C(F)(F)F)c3c(-c4cc(C(F)(F)F)cc(N5CC[C@H](NC(C)=O)C5)n4)ccnc32)cc1. The molecule has 0 radical (unpaired) electrons. The molecule has 4 heterocycles. The van der Waals surface area contributed by atoms with Crippen molar-refractivity contribution in [1.29, 1.82) is 0 Å². The molecule has 0 spiro atoms. The van der Waals surface area contributed by atoms with Crippen LogP contribution >= 0.6 is 0 Å². The number of hydrogen-bond acceptors (Lipinski definition) is 7. The number of nitrogens with zero attached hydrogens (tertiary/aromatic N) is 4. The average Bonchev–Trinajstić information content (AvgIpc) is 3.41. The number of nitrogens with one attached hydrogen (secondary N) is 1. The molecule has 1 N–H and O–H groups in total. The Labute approximate surface area is 241 Å². The number of fused-ring (bicyclic) bond motifs is 1. The van der Waals surface area contributed by atoms with E-state index in [-0.39, 0.29) is 43.0 Å². The summed E-state index contributed by atoms with van der Waals surface area (Å²) >= 11 is 0. The van der Waals surface area contributed by atoms with Gasteiger partial charge in [0.15, 0.2) is 0 Å². The van der Waals surface area contributed by atoms with Crippen molar-refractivity contribution >= 4 is 23.6 Å². The van der Waals surface area contributed by atoms with Crippen molar-refractivity contribution in [3.63, 3.8) is 0 Å². The van der Waals surface area contributed by atoms with Crippen LogP contribution in [0.1, 0.15) is 36.1 Å². The summed E-state index contributed by atoms with van der Waals surface area (Å²) in [6.07, 6.45) is -12.6. The molecule has 0 bridgehead atoms. The molecule has 2 amide bonds. The molecule has 1 fully saturated rings. The lowest BCUT2D eigenvalue weighted by molar-refractivity contribution is -0.207. The fourth-order valence-corrected chi connectivity index (χ4v) is 5.11. The van der Waals surface area contributed by atoms with Gasteiger partial charge in [-0.3, -0.25) is 9.69 Å². The van der Waals surface area contributed by atoms with Crippen LogP contribution in [0.2, 0.25) is 0 Å². The van der Waals surface area contributed by atoms with Crippen molar-refractivity contribution in [1.82, 2.24) is 15.3 Å². The lowest BCUT2D eigenvalue weighted by Gasteiger charge is -2.35. The summed E-state index contributed by atoms with van der Waals surface area (Å²) in [7, 11) is 1.45. The van der Waals surface area contributed by atoms with Crippen LogP contribution in [0.4, 0.5) is 42.8 Å². The molecular formula is C28H25F6N5O4.